The molecule has 0 fully saturated rings. The Morgan fingerprint density at radius 1 is 1.50 bits per heavy atom. The lowest BCUT2D eigenvalue weighted by molar-refractivity contribution is -0.145. The van der Waals surface area contributed by atoms with Crippen molar-refractivity contribution in [3.05, 3.63) is 0 Å². The van der Waals surface area contributed by atoms with Crippen LogP contribution in [0.4, 0.5) is 8.78 Å². The number of carbonyl (C=O) groups is 1. The summed E-state index contributed by atoms with van der Waals surface area (Å²) in [6.45, 7) is 0. The van der Waals surface area contributed by atoms with Crippen molar-refractivity contribution < 1.29 is 18.4 Å². The molecule has 0 aromatic heterocycles. The molecule has 0 saturated heterocycles. The Morgan fingerprint density at radius 3 is 2.00 bits per heavy atom. The molecule has 0 aliphatic carbocycles. The minimum absolute atomic E-state index is 0.348. The van der Waals surface area contributed by atoms with Gasteiger partial charge in [-0.05, 0) is 0 Å². The van der Waals surface area contributed by atoms with Crippen LogP contribution in [0.15, 0.2) is 0 Å². The van der Waals surface area contributed by atoms with Crippen LogP contribution in [0.1, 0.15) is 0 Å². The molecule has 0 heterocycles. The summed E-state index contributed by atoms with van der Waals surface area (Å²) in [4.78, 5) is 20.4. The second-order valence-corrected chi connectivity index (χ2v) is 1.88. The topological polar surface area (TPSA) is 37.4 Å². The summed E-state index contributed by atoms with van der Waals surface area (Å²) < 4.78 is 24.0. The van der Waals surface area contributed by atoms with Gasteiger partial charge in [-0.1, -0.05) is 0 Å². The first kappa shape index (κ1) is 9.00. The molecule has 0 aliphatic heterocycles. The van der Waals surface area contributed by atoms with E-state index in [2.05, 4.69) is 0 Å². The third kappa shape index (κ3) is 1.75. The molecular weight excluding hydrogens is 144 g/mol. The van der Waals surface area contributed by atoms with Crippen molar-refractivity contribution >= 4 is 12.2 Å². The molecule has 0 rings (SSSR count). The van der Waals surface area contributed by atoms with Crippen molar-refractivity contribution in [3.63, 3.8) is 0 Å². The summed E-state index contributed by atoms with van der Waals surface area (Å²) in [5.74, 6) is -5.55. The molecule has 0 atom stereocenters. The molecule has 0 N–H and O–H groups in total. The van der Waals surface area contributed by atoms with Gasteiger partial charge >= 0.3 is 11.8 Å². The van der Waals surface area contributed by atoms with Crippen LogP contribution in [0.3, 0.4) is 0 Å². The standard InChI is InChI=1S/C5H6F2NO2/c1-8(2)4(10)5(6,7)3-9/h1-2H3. The maximum absolute atomic E-state index is 12.0. The van der Waals surface area contributed by atoms with Crippen LogP contribution in [0.2, 0.25) is 0 Å². The molecule has 0 aromatic carbocycles. The Kier molecular flexibility index (Phi) is 2.45. The summed E-state index contributed by atoms with van der Waals surface area (Å²) in [6.07, 6.45) is 0.348. The average Bonchev–Trinajstić information content (AvgIpc) is 1.86. The van der Waals surface area contributed by atoms with E-state index in [9.17, 15) is 18.4 Å². The molecule has 0 spiro atoms. The summed E-state index contributed by atoms with van der Waals surface area (Å²) in [7, 11) is 2.27. The van der Waals surface area contributed by atoms with Crippen molar-refractivity contribution in [1.29, 1.82) is 0 Å². The first-order valence-corrected chi connectivity index (χ1v) is 2.40. The maximum Gasteiger partial charge on any atom is 0.389 e. The Bertz CT molecular complexity index is 156. The second-order valence-electron chi connectivity index (χ2n) is 1.88. The van der Waals surface area contributed by atoms with E-state index in [0.29, 0.717) is 11.2 Å². The third-order valence-electron chi connectivity index (χ3n) is 0.803. The lowest BCUT2D eigenvalue weighted by atomic mass is 10.3. The molecule has 5 heteroatoms. The molecule has 1 radical (unpaired) electrons. The minimum atomic E-state index is -4.00. The fourth-order valence-corrected chi connectivity index (χ4v) is 0.324. The van der Waals surface area contributed by atoms with Crippen molar-refractivity contribution in [2.45, 2.75) is 5.92 Å². The van der Waals surface area contributed by atoms with Crippen molar-refractivity contribution in [3.8, 4) is 0 Å². The molecule has 0 bridgehead atoms. The molecule has 0 unspecified atom stereocenters. The highest BCUT2D eigenvalue weighted by molar-refractivity contribution is 5.97. The first-order valence-electron chi connectivity index (χ1n) is 2.40. The van der Waals surface area contributed by atoms with Crippen LogP contribution >= 0.6 is 0 Å². The van der Waals surface area contributed by atoms with Gasteiger partial charge in [0.15, 0.2) is 0 Å². The highest BCUT2D eigenvalue weighted by atomic mass is 19.3. The van der Waals surface area contributed by atoms with Crippen LogP contribution in [0, 0.1) is 0 Å². The van der Waals surface area contributed by atoms with E-state index in [-0.39, 0.29) is 0 Å². The number of hydrogen-bond donors (Lipinski definition) is 0. The summed E-state index contributed by atoms with van der Waals surface area (Å²) in [5.41, 5.74) is 0. The van der Waals surface area contributed by atoms with E-state index >= 15 is 0 Å². The first-order chi connectivity index (χ1) is 4.41. The zero-order valence-electron chi connectivity index (χ0n) is 5.52. The maximum atomic E-state index is 12.0. The summed E-state index contributed by atoms with van der Waals surface area (Å²) >= 11 is 0. The van der Waals surface area contributed by atoms with Gasteiger partial charge in [0.1, 0.15) is 0 Å². The number of nitrogens with zero attached hydrogens (tertiary/aromatic N) is 1. The van der Waals surface area contributed by atoms with Gasteiger partial charge in [0.2, 0.25) is 0 Å². The quantitative estimate of drug-likeness (QED) is 0.512. The van der Waals surface area contributed by atoms with Gasteiger partial charge in [-0.3, -0.25) is 9.59 Å². The largest absolute Gasteiger partial charge is 0.389 e. The number of rotatable bonds is 2. The molecule has 1 amide bonds. The molecule has 0 aliphatic rings. The lowest BCUT2D eigenvalue weighted by Gasteiger charge is -2.13. The number of alkyl halides is 2. The fourth-order valence-electron chi connectivity index (χ4n) is 0.324. The van der Waals surface area contributed by atoms with Crippen LogP contribution < -0.4 is 0 Å². The Hall–Kier alpha value is -1.00. The van der Waals surface area contributed by atoms with E-state index in [1.165, 1.54) is 0 Å². The van der Waals surface area contributed by atoms with E-state index in [1.54, 1.807) is 0 Å². The van der Waals surface area contributed by atoms with Gasteiger partial charge in [0.05, 0.1) is 0 Å². The molecular formula is C5H6F2NO2. The van der Waals surface area contributed by atoms with Gasteiger partial charge in [0.25, 0.3) is 6.29 Å². The minimum Gasteiger partial charge on any atom is -0.343 e. The van der Waals surface area contributed by atoms with Crippen molar-refractivity contribution in [1.82, 2.24) is 4.90 Å². The van der Waals surface area contributed by atoms with E-state index in [1.807, 2.05) is 0 Å². The average molecular weight is 150 g/mol. The second kappa shape index (κ2) is 2.72. The monoisotopic (exact) mass is 150 g/mol. The Labute approximate surface area is 56.6 Å². The lowest BCUT2D eigenvalue weighted by Crippen LogP contribution is -2.40. The van der Waals surface area contributed by atoms with Crippen LogP contribution in [0.5, 0.6) is 0 Å². The van der Waals surface area contributed by atoms with E-state index in [4.69, 9.17) is 0 Å². The molecule has 3 nitrogen and oxygen atoms in total. The molecule has 0 saturated carbocycles. The number of halogens is 2. The summed E-state index contributed by atoms with van der Waals surface area (Å²) in [5, 5.41) is 0. The van der Waals surface area contributed by atoms with Crippen LogP contribution in [-0.2, 0) is 9.59 Å². The van der Waals surface area contributed by atoms with Crippen LogP contribution in [0.25, 0.3) is 0 Å². The predicted molar refractivity (Wildman–Crippen MR) is 29.3 cm³/mol. The fraction of sp³-hybridized carbons (Fsp3) is 0.600. The zero-order chi connectivity index (χ0) is 8.36. The predicted octanol–water partition coefficient (Wildman–Crippen LogP) is -0.180. The van der Waals surface area contributed by atoms with Gasteiger partial charge < -0.3 is 4.90 Å². The summed E-state index contributed by atoms with van der Waals surface area (Å²) in [6, 6.07) is 0. The number of amides is 1. The van der Waals surface area contributed by atoms with Gasteiger partial charge in [-0.25, -0.2) is 0 Å². The van der Waals surface area contributed by atoms with Gasteiger partial charge in [0, 0.05) is 14.1 Å². The molecule has 57 valence electrons. The normalized spacial score (nSPS) is 10.8. The van der Waals surface area contributed by atoms with E-state index in [0.717, 1.165) is 14.1 Å². The number of hydrogen-bond acceptors (Lipinski definition) is 2. The van der Waals surface area contributed by atoms with Crippen molar-refractivity contribution in [2.75, 3.05) is 14.1 Å². The Morgan fingerprint density at radius 2 is 1.90 bits per heavy atom. The number of carbonyl (C=O) groups excluding carboxylic acids is 2. The van der Waals surface area contributed by atoms with E-state index < -0.39 is 11.8 Å². The van der Waals surface area contributed by atoms with Gasteiger partial charge in [-0.2, -0.15) is 8.78 Å². The molecule has 0 aromatic rings. The highest BCUT2D eigenvalue weighted by Crippen LogP contribution is 2.11. The zero-order valence-corrected chi connectivity index (χ0v) is 5.52. The smallest absolute Gasteiger partial charge is 0.343 e. The molecule has 10 heavy (non-hydrogen) atoms. The SMILES string of the molecule is CN(C)C(=O)C(F)(F)[C]=O. The van der Waals surface area contributed by atoms with Gasteiger partial charge in [-0.15, -0.1) is 0 Å². The van der Waals surface area contributed by atoms with Crippen molar-refractivity contribution in [2.24, 2.45) is 0 Å². The third-order valence-corrected chi connectivity index (χ3v) is 0.803. The highest BCUT2D eigenvalue weighted by Gasteiger charge is 2.40. The van der Waals surface area contributed by atoms with Crippen LogP contribution in [-0.4, -0.2) is 37.1 Å². The Balaban J connectivity index is 4.33.